The number of benzene rings is 1. The van der Waals surface area contributed by atoms with Gasteiger partial charge in [0.15, 0.2) is 0 Å². The number of nitrogens with zero attached hydrogens (tertiary/aromatic N) is 1. The van der Waals surface area contributed by atoms with E-state index in [9.17, 15) is 12.8 Å². The summed E-state index contributed by atoms with van der Waals surface area (Å²) in [6, 6.07) is 6.16. The zero-order valence-electron chi connectivity index (χ0n) is 10.6. The number of hydrogen-bond acceptors (Lipinski definition) is 3. The minimum absolute atomic E-state index is 0.206. The Bertz CT molecular complexity index is 735. The second-order valence-electron chi connectivity index (χ2n) is 4.10. The molecule has 0 fully saturated rings. The van der Waals surface area contributed by atoms with Gasteiger partial charge in [-0.15, -0.1) is 0 Å². The van der Waals surface area contributed by atoms with E-state index >= 15 is 0 Å². The summed E-state index contributed by atoms with van der Waals surface area (Å²) < 4.78 is 40.7. The molecular weight excluding hydrogens is 347 g/mol. The quantitative estimate of drug-likeness (QED) is 0.911. The van der Waals surface area contributed by atoms with E-state index in [0.29, 0.717) is 12.1 Å². The maximum Gasteiger partial charge on any atom is 0.263 e. The zero-order chi connectivity index (χ0) is 14.8. The van der Waals surface area contributed by atoms with E-state index in [1.54, 1.807) is 12.1 Å². The molecule has 0 aliphatic rings. The summed E-state index contributed by atoms with van der Waals surface area (Å²) in [5.41, 5.74) is 1.31. The molecular formula is C13H12BrFN2O2S. The first-order chi connectivity index (χ1) is 9.42. The lowest BCUT2D eigenvalue weighted by atomic mass is 10.1. The molecule has 0 bridgehead atoms. The Morgan fingerprint density at radius 2 is 2.05 bits per heavy atom. The third-order valence-corrected chi connectivity index (χ3v) is 4.51. The Kier molecular flexibility index (Phi) is 4.39. The molecule has 0 unspecified atom stereocenters. The number of pyridine rings is 1. The monoisotopic (exact) mass is 358 g/mol. The average Bonchev–Trinajstić information content (AvgIpc) is 2.40. The fourth-order valence-electron chi connectivity index (χ4n) is 1.70. The summed E-state index contributed by atoms with van der Waals surface area (Å²) in [4.78, 5) is 3.34. The number of anilines is 1. The zero-order valence-corrected chi connectivity index (χ0v) is 13.0. The van der Waals surface area contributed by atoms with E-state index in [1.165, 1.54) is 0 Å². The van der Waals surface area contributed by atoms with Gasteiger partial charge in [-0.05, 0) is 36.2 Å². The van der Waals surface area contributed by atoms with Crippen LogP contribution in [0.5, 0.6) is 0 Å². The highest BCUT2D eigenvalue weighted by Crippen LogP contribution is 2.24. The maximum atomic E-state index is 13.1. The van der Waals surface area contributed by atoms with Gasteiger partial charge in [0.05, 0.1) is 11.9 Å². The van der Waals surface area contributed by atoms with Gasteiger partial charge in [-0.25, -0.2) is 12.8 Å². The van der Waals surface area contributed by atoms with Crippen molar-refractivity contribution in [2.75, 3.05) is 4.72 Å². The number of aromatic nitrogens is 1. The largest absolute Gasteiger partial charge is 0.279 e. The van der Waals surface area contributed by atoms with Crippen molar-refractivity contribution in [3.8, 4) is 0 Å². The molecule has 1 heterocycles. The van der Waals surface area contributed by atoms with Gasteiger partial charge < -0.3 is 0 Å². The fourth-order valence-corrected chi connectivity index (χ4v) is 3.18. The Labute approximate surface area is 125 Å². The highest BCUT2D eigenvalue weighted by atomic mass is 79.9. The number of halogens is 2. The van der Waals surface area contributed by atoms with Gasteiger partial charge in [0.25, 0.3) is 10.0 Å². The number of hydrogen-bond donors (Lipinski definition) is 1. The van der Waals surface area contributed by atoms with Crippen LogP contribution in [0.25, 0.3) is 0 Å². The van der Waals surface area contributed by atoms with Crippen LogP contribution in [0.1, 0.15) is 12.5 Å². The van der Waals surface area contributed by atoms with Gasteiger partial charge in [-0.1, -0.05) is 22.9 Å². The SMILES string of the molecule is CCc1cc(Br)ccc1NS(=O)(=O)c1cncc(F)c1. The summed E-state index contributed by atoms with van der Waals surface area (Å²) in [7, 11) is -3.85. The molecule has 0 aliphatic carbocycles. The van der Waals surface area contributed by atoms with Crippen LogP contribution in [-0.2, 0) is 16.4 Å². The van der Waals surface area contributed by atoms with Crippen molar-refractivity contribution in [3.05, 3.63) is 52.5 Å². The van der Waals surface area contributed by atoms with Gasteiger partial charge in [-0.3, -0.25) is 9.71 Å². The van der Waals surface area contributed by atoms with E-state index in [2.05, 4.69) is 25.6 Å². The molecule has 0 amide bonds. The molecule has 0 radical (unpaired) electrons. The second kappa shape index (κ2) is 5.88. The molecule has 1 aromatic carbocycles. The van der Waals surface area contributed by atoms with Crippen molar-refractivity contribution in [1.82, 2.24) is 4.98 Å². The number of rotatable bonds is 4. The third kappa shape index (κ3) is 3.34. The highest BCUT2D eigenvalue weighted by molar-refractivity contribution is 9.10. The van der Waals surface area contributed by atoms with Crippen LogP contribution < -0.4 is 4.72 Å². The summed E-state index contributed by atoms with van der Waals surface area (Å²) in [6.45, 7) is 1.92. The normalized spacial score (nSPS) is 11.3. The van der Waals surface area contributed by atoms with Crippen molar-refractivity contribution in [1.29, 1.82) is 0 Å². The van der Waals surface area contributed by atoms with Crippen molar-refractivity contribution in [3.63, 3.8) is 0 Å². The van der Waals surface area contributed by atoms with Crippen LogP contribution in [0.3, 0.4) is 0 Å². The molecule has 106 valence electrons. The van der Waals surface area contributed by atoms with Crippen LogP contribution in [-0.4, -0.2) is 13.4 Å². The highest BCUT2D eigenvalue weighted by Gasteiger charge is 2.17. The first kappa shape index (κ1) is 14.9. The minimum atomic E-state index is -3.85. The Hall–Kier alpha value is -1.47. The van der Waals surface area contributed by atoms with E-state index < -0.39 is 15.8 Å². The van der Waals surface area contributed by atoms with Crippen molar-refractivity contribution in [2.45, 2.75) is 18.2 Å². The predicted molar refractivity (Wildman–Crippen MR) is 78.5 cm³/mol. The lowest BCUT2D eigenvalue weighted by Crippen LogP contribution is -2.14. The molecule has 0 atom stereocenters. The molecule has 7 heteroatoms. The van der Waals surface area contributed by atoms with E-state index in [-0.39, 0.29) is 4.90 Å². The molecule has 4 nitrogen and oxygen atoms in total. The summed E-state index contributed by atoms with van der Waals surface area (Å²) >= 11 is 3.33. The second-order valence-corrected chi connectivity index (χ2v) is 6.70. The lowest BCUT2D eigenvalue weighted by Gasteiger charge is -2.12. The molecule has 0 saturated carbocycles. The van der Waals surface area contributed by atoms with Crippen LogP contribution >= 0.6 is 15.9 Å². The number of aryl methyl sites for hydroxylation is 1. The first-order valence-corrected chi connectivity index (χ1v) is 8.12. The molecule has 2 rings (SSSR count). The Morgan fingerprint density at radius 1 is 1.30 bits per heavy atom. The standard InChI is InChI=1S/C13H12BrFN2O2S/c1-2-9-5-10(14)3-4-13(9)17-20(18,19)12-6-11(15)7-16-8-12/h3-8,17H,2H2,1H3. The van der Waals surface area contributed by atoms with Gasteiger partial charge in [-0.2, -0.15) is 0 Å². The lowest BCUT2D eigenvalue weighted by molar-refractivity contribution is 0.592. The van der Waals surface area contributed by atoms with Crippen molar-refractivity contribution in [2.24, 2.45) is 0 Å². The fraction of sp³-hybridized carbons (Fsp3) is 0.154. The summed E-state index contributed by atoms with van der Waals surface area (Å²) in [5.74, 6) is -0.695. The molecule has 1 N–H and O–H groups in total. The first-order valence-electron chi connectivity index (χ1n) is 5.84. The number of sulfonamides is 1. The Morgan fingerprint density at radius 3 is 2.70 bits per heavy atom. The van der Waals surface area contributed by atoms with Crippen LogP contribution in [0.15, 0.2) is 46.0 Å². The van der Waals surface area contributed by atoms with Gasteiger partial charge in [0.2, 0.25) is 0 Å². The molecule has 0 saturated heterocycles. The maximum absolute atomic E-state index is 13.1. The summed E-state index contributed by atoms with van der Waals surface area (Å²) in [5, 5.41) is 0. The van der Waals surface area contributed by atoms with Crippen molar-refractivity contribution < 1.29 is 12.8 Å². The van der Waals surface area contributed by atoms with Crippen LogP contribution in [0.4, 0.5) is 10.1 Å². The third-order valence-electron chi connectivity index (χ3n) is 2.68. The van der Waals surface area contributed by atoms with E-state index in [0.717, 1.165) is 28.5 Å². The minimum Gasteiger partial charge on any atom is -0.279 e. The predicted octanol–water partition coefficient (Wildman–Crippen LogP) is 3.35. The van der Waals surface area contributed by atoms with E-state index in [4.69, 9.17) is 0 Å². The van der Waals surface area contributed by atoms with Gasteiger partial charge >= 0.3 is 0 Å². The smallest absolute Gasteiger partial charge is 0.263 e. The molecule has 0 spiro atoms. The average molecular weight is 359 g/mol. The Balaban J connectivity index is 2.38. The van der Waals surface area contributed by atoms with Crippen LogP contribution in [0.2, 0.25) is 0 Å². The van der Waals surface area contributed by atoms with Crippen molar-refractivity contribution >= 4 is 31.6 Å². The number of nitrogens with one attached hydrogen (secondary N) is 1. The topological polar surface area (TPSA) is 59.1 Å². The molecule has 1 aromatic heterocycles. The summed E-state index contributed by atoms with van der Waals surface area (Å²) in [6.07, 6.45) is 2.73. The molecule has 20 heavy (non-hydrogen) atoms. The van der Waals surface area contributed by atoms with Gasteiger partial charge in [0.1, 0.15) is 10.7 Å². The van der Waals surface area contributed by atoms with Crippen LogP contribution in [0, 0.1) is 5.82 Å². The molecule has 2 aromatic rings. The van der Waals surface area contributed by atoms with Gasteiger partial charge in [0, 0.05) is 10.7 Å². The van der Waals surface area contributed by atoms with E-state index in [1.807, 2.05) is 13.0 Å². The molecule has 0 aliphatic heterocycles.